The second-order valence-electron chi connectivity index (χ2n) is 5.71. The van der Waals surface area contributed by atoms with Crippen LogP contribution in [0.1, 0.15) is 24.9 Å². The van der Waals surface area contributed by atoms with Crippen molar-refractivity contribution in [2.75, 3.05) is 13.7 Å². The van der Waals surface area contributed by atoms with Gasteiger partial charge in [-0.3, -0.25) is 9.69 Å². The largest absolute Gasteiger partial charge is 0.395 e. The van der Waals surface area contributed by atoms with Crippen molar-refractivity contribution in [1.29, 1.82) is 0 Å². The quantitative estimate of drug-likeness (QED) is 0.597. The molecule has 6 nitrogen and oxygen atoms in total. The zero-order valence-corrected chi connectivity index (χ0v) is 12.9. The van der Waals surface area contributed by atoms with Crippen LogP contribution in [0, 0.1) is 0 Å². The van der Waals surface area contributed by atoms with Crippen LogP contribution < -0.4 is 5.32 Å². The van der Waals surface area contributed by atoms with Crippen molar-refractivity contribution >= 4 is 5.91 Å². The highest BCUT2D eigenvalue weighted by atomic mass is 16.3. The maximum Gasteiger partial charge on any atom is 0.221 e. The molecule has 0 radical (unpaired) electrons. The third-order valence-corrected chi connectivity index (χ3v) is 4.49. The Bertz CT molecular complexity index is 496. The molecule has 0 aliphatic carbocycles. The van der Waals surface area contributed by atoms with Gasteiger partial charge >= 0.3 is 0 Å². The maximum absolute atomic E-state index is 11.7. The number of nitrogens with one attached hydrogen (secondary N) is 1. The van der Waals surface area contributed by atoms with E-state index in [2.05, 4.69) is 5.32 Å². The minimum Gasteiger partial charge on any atom is -0.395 e. The predicted octanol–water partition coefficient (Wildman–Crippen LogP) is -0.349. The first-order valence-corrected chi connectivity index (χ1v) is 7.51. The van der Waals surface area contributed by atoms with Crippen molar-refractivity contribution in [3.63, 3.8) is 0 Å². The number of carbonyl (C=O) groups excluding carboxylic acids is 1. The number of hydrogen-bond donors (Lipinski definition) is 4. The average Bonchev–Trinajstić information content (AvgIpc) is 2.79. The first-order chi connectivity index (χ1) is 10.5. The van der Waals surface area contributed by atoms with Crippen molar-refractivity contribution in [2.24, 2.45) is 0 Å². The molecule has 2 rings (SSSR count). The number of carbonyl (C=O) groups is 1. The van der Waals surface area contributed by atoms with Gasteiger partial charge in [0.25, 0.3) is 0 Å². The smallest absolute Gasteiger partial charge is 0.221 e. The number of rotatable bonds is 5. The summed E-state index contributed by atoms with van der Waals surface area (Å²) in [5, 5.41) is 32.6. The Balaban J connectivity index is 2.31. The molecule has 1 fully saturated rings. The Labute approximate surface area is 130 Å². The van der Waals surface area contributed by atoms with Gasteiger partial charge in [0, 0.05) is 25.6 Å². The summed E-state index contributed by atoms with van der Waals surface area (Å²) in [7, 11) is 1.54. The molecule has 22 heavy (non-hydrogen) atoms. The van der Waals surface area contributed by atoms with Crippen molar-refractivity contribution in [3.8, 4) is 0 Å². The fourth-order valence-electron chi connectivity index (χ4n) is 3.25. The maximum atomic E-state index is 11.7. The van der Waals surface area contributed by atoms with Gasteiger partial charge in [-0.1, -0.05) is 30.3 Å². The second kappa shape index (κ2) is 7.19. The molecule has 4 N–H and O–H groups in total. The highest BCUT2D eigenvalue weighted by Gasteiger charge is 2.49. The van der Waals surface area contributed by atoms with E-state index in [0.717, 1.165) is 5.56 Å². The molecule has 1 aromatic rings. The Hall–Kier alpha value is -1.47. The fourth-order valence-corrected chi connectivity index (χ4v) is 3.25. The lowest BCUT2D eigenvalue weighted by atomic mass is 10.0. The summed E-state index contributed by atoms with van der Waals surface area (Å²) < 4.78 is 0. The van der Waals surface area contributed by atoms with Crippen LogP contribution in [0.5, 0.6) is 0 Å². The van der Waals surface area contributed by atoms with Crippen LogP contribution in [-0.2, 0) is 4.79 Å². The van der Waals surface area contributed by atoms with Crippen molar-refractivity contribution in [1.82, 2.24) is 10.2 Å². The van der Waals surface area contributed by atoms with Gasteiger partial charge in [0.05, 0.1) is 24.9 Å². The van der Waals surface area contributed by atoms with Crippen LogP contribution in [-0.4, -0.2) is 64.1 Å². The van der Waals surface area contributed by atoms with Gasteiger partial charge in [0.1, 0.15) is 0 Å². The first-order valence-electron chi connectivity index (χ1n) is 7.51. The lowest BCUT2D eigenvalue weighted by Crippen LogP contribution is -2.44. The van der Waals surface area contributed by atoms with Crippen LogP contribution in [0.2, 0.25) is 0 Å². The van der Waals surface area contributed by atoms with E-state index < -0.39 is 24.3 Å². The van der Waals surface area contributed by atoms with Crippen molar-refractivity contribution in [3.05, 3.63) is 35.9 Å². The molecule has 122 valence electrons. The van der Waals surface area contributed by atoms with E-state index >= 15 is 0 Å². The van der Waals surface area contributed by atoms with E-state index in [9.17, 15) is 20.1 Å². The van der Waals surface area contributed by atoms with E-state index in [-0.39, 0.29) is 25.0 Å². The van der Waals surface area contributed by atoms with E-state index in [1.165, 1.54) is 7.05 Å². The molecule has 1 unspecified atom stereocenters. The molecule has 0 bridgehead atoms. The normalized spacial score (nSPS) is 30.2. The highest BCUT2D eigenvalue weighted by molar-refractivity contribution is 5.76. The minimum absolute atomic E-state index is 0.0718. The number of amides is 1. The summed E-state index contributed by atoms with van der Waals surface area (Å²) in [4.78, 5) is 13.6. The number of benzene rings is 1. The first kappa shape index (κ1) is 16.9. The molecular formula is C16H24N2O4. The van der Waals surface area contributed by atoms with Crippen molar-refractivity contribution < 1.29 is 20.1 Å². The topological polar surface area (TPSA) is 93.0 Å². The molecule has 6 heteroatoms. The Kier molecular flexibility index (Phi) is 5.52. The Morgan fingerprint density at radius 2 is 1.82 bits per heavy atom. The number of aliphatic hydroxyl groups excluding tert-OH is 3. The van der Waals surface area contributed by atoms with Gasteiger partial charge in [-0.2, -0.15) is 0 Å². The van der Waals surface area contributed by atoms with Gasteiger partial charge in [0.2, 0.25) is 5.91 Å². The molecular weight excluding hydrogens is 284 g/mol. The third kappa shape index (κ3) is 3.15. The molecule has 1 aliphatic heterocycles. The summed E-state index contributed by atoms with van der Waals surface area (Å²) in [6.45, 7) is 1.67. The molecule has 1 heterocycles. The SMILES string of the molecule is CNC(=O)C[C@@H]1[C@H](O)[C@H](O)[C@@H](CO)N1C(C)c1ccccc1. The van der Waals surface area contributed by atoms with E-state index in [1.54, 1.807) is 0 Å². The van der Waals surface area contributed by atoms with Crippen LogP contribution in [0.25, 0.3) is 0 Å². The molecule has 0 aromatic heterocycles. The molecule has 0 saturated carbocycles. The standard InChI is InChI=1S/C16H24N2O4/c1-10(11-6-4-3-5-7-11)18-12(8-14(20)17-2)15(21)16(22)13(18)9-19/h3-7,10,12-13,15-16,19,21-22H,8-9H2,1-2H3,(H,17,20)/t10?,12-,13-,15+,16-/m1/s1. The van der Waals surface area contributed by atoms with E-state index in [1.807, 2.05) is 42.2 Å². The Morgan fingerprint density at radius 3 is 2.36 bits per heavy atom. The molecule has 1 amide bonds. The third-order valence-electron chi connectivity index (χ3n) is 4.49. The number of aliphatic hydroxyl groups is 3. The zero-order chi connectivity index (χ0) is 16.3. The molecule has 5 atom stereocenters. The van der Waals surface area contributed by atoms with Crippen LogP contribution >= 0.6 is 0 Å². The summed E-state index contributed by atoms with van der Waals surface area (Å²) in [5.41, 5.74) is 1.00. The van der Waals surface area contributed by atoms with Crippen molar-refractivity contribution in [2.45, 2.75) is 43.7 Å². The van der Waals surface area contributed by atoms with Gasteiger partial charge in [-0.15, -0.1) is 0 Å². The van der Waals surface area contributed by atoms with Gasteiger partial charge < -0.3 is 20.6 Å². The number of hydrogen-bond acceptors (Lipinski definition) is 5. The molecule has 1 aromatic carbocycles. The lowest BCUT2D eigenvalue weighted by Gasteiger charge is -2.35. The number of likely N-dealkylation sites (tertiary alicyclic amines) is 1. The minimum atomic E-state index is -1.08. The highest BCUT2D eigenvalue weighted by Crippen LogP contribution is 2.35. The van der Waals surface area contributed by atoms with Crippen LogP contribution in [0.15, 0.2) is 30.3 Å². The van der Waals surface area contributed by atoms with Gasteiger partial charge in [-0.05, 0) is 12.5 Å². The second-order valence-corrected chi connectivity index (χ2v) is 5.71. The van der Waals surface area contributed by atoms with Crippen LogP contribution in [0.4, 0.5) is 0 Å². The summed E-state index contributed by atoms with van der Waals surface area (Å²) in [6.07, 6.45) is -2.07. The van der Waals surface area contributed by atoms with Crippen LogP contribution in [0.3, 0.4) is 0 Å². The summed E-state index contributed by atoms with van der Waals surface area (Å²) in [6, 6.07) is 8.37. The monoisotopic (exact) mass is 308 g/mol. The van der Waals surface area contributed by atoms with Gasteiger partial charge in [-0.25, -0.2) is 0 Å². The summed E-state index contributed by atoms with van der Waals surface area (Å²) >= 11 is 0. The molecule has 1 aliphatic rings. The number of nitrogens with zero attached hydrogens (tertiary/aromatic N) is 1. The summed E-state index contributed by atoms with van der Waals surface area (Å²) in [5.74, 6) is -0.208. The Morgan fingerprint density at radius 1 is 1.23 bits per heavy atom. The average molecular weight is 308 g/mol. The zero-order valence-electron chi connectivity index (χ0n) is 12.9. The molecule has 0 spiro atoms. The van der Waals surface area contributed by atoms with E-state index in [0.29, 0.717) is 0 Å². The van der Waals surface area contributed by atoms with Gasteiger partial charge in [0.15, 0.2) is 0 Å². The molecule has 1 saturated heterocycles. The lowest BCUT2D eigenvalue weighted by molar-refractivity contribution is -0.122. The van der Waals surface area contributed by atoms with E-state index in [4.69, 9.17) is 0 Å². The fraction of sp³-hybridized carbons (Fsp3) is 0.562. The predicted molar refractivity (Wildman–Crippen MR) is 82.1 cm³/mol.